The number of halogens is 1. The van der Waals surface area contributed by atoms with Gasteiger partial charge in [-0.05, 0) is 54.4 Å². The third kappa shape index (κ3) is 2.94. The van der Waals surface area contributed by atoms with Crippen LogP contribution in [0.5, 0.6) is 0 Å². The summed E-state index contributed by atoms with van der Waals surface area (Å²) in [5.74, 6) is 0. The van der Waals surface area contributed by atoms with Crippen molar-refractivity contribution >= 4 is 15.9 Å². The number of benzene rings is 2. The van der Waals surface area contributed by atoms with Crippen molar-refractivity contribution in [1.29, 1.82) is 0 Å². The lowest BCUT2D eigenvalue weighted by Gasteiger charge is -2.38. The van der Waals surface area contributed by atoms with Crippen molar-refractivity contribution < 1.29 is 0 Å². The molecule has 0 fully saturated rings. The van der Waals surface area contributed by atoms with Crippen LogP contribution in [-0.4, -0.2) is 5.33 Å². The van der Waals surface area contributed by atoms with Gasteiger partial charge in [0.1, 0.15) is 0 Å². The molecule has 0 nitrogen and oxygen atoms in total. The summed E-state index contributed by atoms with van der Waals surface area (Å²) < 4.78 is 0. The van der Waals surface area contributed by atoms with Crippen LogP contribution >= 0.6 is 15.9 Å². The Morgan fingerprint density at radius 2 is 1.71 bits per heavy atom. The van der Waals surface area contributed by atoms with Crippen LogP contribution in [0.25, 0.3) is 0 Å². The summed E-state index contributed by atoms with van der Waals surface area (Å²) in [6.45, 7) is 2.21. The van der Waals surface area contributed by atoms with E-state index in [9.17, 15) is 0 Å². The van der Waals surface area contributed by atoms with E-state index in [0.29, 0.717) is 0 Å². The fraction of sp³-hybridized carbons (Fsp3) is 0.400. The molecule has 1 aliphatic carbocycles. The van der Waals surface area contributed by atoms with Crippen molar-refractivity contribution in [2.24, 2.45) is 0 Å². The molecule has 0 saturated heterocycles. The van der Waals surface area contributed by atoms with Gasteiger partial charge in [0.25, 0.3) is 0 Å². The zero-order chi connectivity index (χ0) is 14.7. The average Bonchev–Trinajstić information content (AvgIpc) is 2.56. The quantitative estimate of drug-likeness (QED) is 0.647. The lowest BCUT2D eigenvalue weighted by molar-refractivity contribution is 0.401. The number of fused-ring (bicyclic) bond motifs is 1. The molecule has 0 aromatic heterocycles. The molecular weight excluding hydrogens is 320 g/mol. The zero-order valence-corrected chi connectivity index (χ0v) is 14.3. The van der Waals surface area contributed by atoms with Crippen LogP contribution in [0.15, 0.2) is 48.5 Å². The Morgan fingerprint density at radius 3 is 2.43 bits per heavy atom. The summed E-state index contributed by atoms with van der Waals surface area (Å²) in [4.78, 5) is 0. The SMILES string of the molecule is CCc1ccc(CC2(CBr)CCCc3ccccc32)cc1. The molecule has 0 N–H and O–H groups in total. The highest BCUT2D eigenvalue weighted by Gasteiger charge is 2.35. The first kappa shape index (κ1) is 14.8. The normalized spacial score (nSPS) is 21.0. The molecule has 21 heavy (non-hydrogen) atoms. The Bertz CT molecular complexity index is 599. The molecule has 0 saturated carbocycles. The first-order chi connectivity index (χ1) is 10.3. The number of alkyl halides is 1. The Kier molecular flexibility index (Phi) is 4.49. The van der Waals surface area contributed by atoms with E-state index >= 15 is 0 Å². The molecule has 0 aliphatic heterocycles. The maximum atomic E-state index is 3.82. The highest BCUT2D eigenvalue weighted by molar-refractivity contribution is 9.09. The van der Waals surface area contributed by atoms with E-state index in [1.165, 1.54) is 30.4 Å². The first-order valence-corrected chi connectivity index (χ1v) is 9.12. The largest absolute Gasteiger partial charge is 0.0918 e. The summed E-state index contributed by atoms with van der Waals surface area (Å²) in [6, 6.07) is 18.2. The van der Waals surface area contributed by atoms with Crippen molar-refractivity contribution in [3.05, 3.63) is 70.8 Å². The van der Waals surface area contributed by atoms with Crippen LogP contribution in [0, 0.1) is 0 Å². The molecule has 1 atom stereocenters. The molecule has 110 valence electrons. The predicted octanol–water partition coefficient (Wildman–Crippen LogP) is 5.46. The summed E-state index contributed by atoms with van der Waals surface area (Å²) in [6.07, 6.45) is 6.08. The average molecular weight is 343 g/mol. The fourth-order valence-corrected chi connectivity index (χ4v) is 4.44. The Morgan fingerprint density at radius 1 is 1.00 bits per heavy atom. The van der Waals surface area contributed by atoms with Gasteiger partial charge in [-0.15, -0.1) is 0 Å². The Balaban J connectivity index is 1.94. The smallest absolute Gasteiger partial charge is 0.0132 e. The van der Waals surface area contributed by atoms with Crippen LogP contribution < -0.4 is 0 Å². The second-order valence-corrected chi connectivity index (χ2v) is 6.83. The molecule has 3 rings (SSSR count). The number of hydrogen-bond acceptors (Lipinski definition) is 0. The van der Waals surface area contributed by atoms with Crippen molar-refractivity contribution in [1.82, 2.24) is 0 Å². The first-order valence-electron chi connectivity index (χ1n) is 7.99. The highest BCUT2D eigenvalue weighted by atomic mass is 79.9. The number of aryl methyl sites for hydroxylation is 2. The van der Waals surface area contributed by atoms with Crippen LogP contribution in [-0.2, 0) is 24.7 Å². The minimum absolute atomic E-state index is 0.266. The van der Waals surface area contributed by atoms with E-state index in [2.05, 4.69) is 71.4 Å². The van der Waals surface area contributed by atoms with E-state index < -0.39 is 0 Å². The summed E-state index contributed by atoms with van der Waals surface area (Å²) in [7, 11) is 0. The fourth-order valence-electron chi connectivity index (χ4n) is 3.66. The molecule has 0 spiro atoms. The molecule has 2 aromatic rings. The van der Waals surface area contributed by atoms with E-state index in [1.54, 1.807) is 11.1 Å². The van der Waals surface area contributed by atoms with Crippen molar-refractivity contribution in [3.63, 3.8) is 0 Å². The van der Waals surface area contributed by atoms with Gasteiger partial charge in [0.2, 0.25) is 0 Å². The molecule has 0 amide bonds. The zero-order valence-electron chi connectivity index (χ0n) is 12.7. The summed E-state index contributed by atoms with van der Waals surface area (Å²) in [5, 5.41) is 1.05. The Labute approximate surface area is 136 Å². The summed E-state index contributed by atoms with van der Waals surface area (Å²) in [5.41, 5.74) is 6.27. The van der Waals surface area contributed by atoms with E-state index in [0.717, 1.165) is 18.2 Å². The number of rotatable bonds is 4. The van der Waals surface area contributed by atoms with Gasteiger partial charge in [-0.25, -0.2) is 0 Å². The second kappa shape index (κ2) is 6.36. The molecule has 2 aromatic carbocycles. The second-order valence-electron chi connectivity index (χ2n) is 6.27. The maximum Gasteiger partial charge on any atom is 0.0132 e. The molecule has 1 unspecified atom stereocenters. The van der Waals surface area contributed by atoms with Crippen LogP contribution in [0.1, 0.15) is 42.0 Å². The van der Waals surface area contributed by atoms with Crippen molar-refractivity contribution in [2.75, 3.05) is 5.33 Å². The van der Waals surface area contributed by atoms with Gasteiger partial charge in [0.05, 0.1) is 0 Å². The standard InChI is InChI=1S/C20H23Br/c1-2-16-9-11-17(12-10-16)14-20(15-21)13-5-7-18-6-3-4-8-19(18)20/h3-4,6,8-12H,2,5,7,13-15H2,1H3. The minimum Gasteiger partial charge on any atom is -0.0918 e. The predicted molar refractivity (Wildman–Crippen MR) is 94.4 cm³/mol. The van der Waals surface area contributed by atoms with Crippen LogP contribution in [0.2, 0.25) is 0 Å². The molecule has 1 aliphatic rings. The van der Waals surface area contributed by atoms with E-state index in [4.69, 9.17) is 0 Å². The molecule has 1 heteroatoms. The van der Waals surface area contributed by atoms with Gasteiger partial charge in [-0.3, -0.25) is 0 Å². The van der Waals surface area contributed by atoms with Gasteiger partial charge in [0, 0.05) is 10.7 Å². The molecule has 0 bridgehead atoms. The van der Waals surface area contributed by atoms with Gasteiger partial charge < -0.3 is 0 Å². The van der Waals surface area contributed by atoms with Crippen LogP contribution in [0.4, 0.5) is 0 Å². The van der Waals surface area contributed by atoms with Gasteiger partial charge in [-0.2, -0.15) is 0 Å². The maximum absolute atomic E-state index is 3.82. The molecule has 0 radical (unpaired) electrons. The molecular formula is C20H23Br. The Hall–Kier alpha value is -1.08. The van der Waals surface area contributed by atoms with Crippen molar-refractivity contribution in [3.8, 4) is 0 Å². The van der Waals surface area contributed by atoms with Gasteiger partial charge >= 0.3 is 0 Å². The topological polar surface area (TPSA) is 0 Å². The molecule has 0 heterocycles. The third-order valence-electron chi connectivity index (χ3n) is 4.92. The van der Waals surface area contributed by atoms with Gasteiger partial charge in [-0.1, -0.05) is 71.4 Å². The lowest BCUT2D eigenvalue weighted by Crippen LogP contribution is -2.35. The van der Waals surface area contributed by atoms with Gasteiger partial charge in [0.15, 0.2) is 0 Å². The highest BCUT2D eigenvalue weighted by Crippen LogP contribution is 2.41. The minimum atomic E-state index is 0.266. The van der Waals surface area contributed by atoms with E-state index in [1.807, 2.05) is 0 Å². The lowest BCUT2D eigenvalue weighted by atomic mass is 9.68. The van der Waals surface area contributed by atoms with Crippen LogP contribution in [0.3, 0.4) is 0 Å². The summed E-state index contributed by atoms with van der Waals surface area (Å²) >= 11 is 3.82. The third-order valence-corrected chi connectivity index (χ3v) is 5.99. The monoisotopic (exact) mass is 342 g/mol. The van der Waals surface area contributed by atoms with E-state index in [-0.39, 0.29) is 5.41 Å². The number of hydrogen-bond donors (Lipinski definition) is 0. The van der Waals surface area contributed by atoms with Crippen molar-refractivity contribution in [2.45, 2.75) is 44.4 Å².